The van der Waals surface area contributed by atoms with E-state index in [0.717, 1.165) is 27.2 Å². The maximum absolute atomic E-state index is 5.89. The van der Waals surface area contributed by atoms with E-state index in [2.05, 4.69) is 46.7 Å². The number of rotatable bonds is 4. The average Bonchev–Trinajstić information content (AvgIpc) is 2.93. The Balaban J connectivity index is 1.70. The number of aromatic nitrogens is 2. The molecule has 1 N–H and O–H groups in total. The van der Waals surface area contributed by atoms with Gasteiger partial charge in [-0.3, -0.25) is 0 Å². The first-order chi connectivity index (χ1) is 10.6. The van der Waals surface area contributed by atoms with Crippen molar-refractivity contribution in [3.63, 3.8) is 0 Å². The summed E-state index contributed by atoms with van der Waals surface area (Å²) in [5.41, 5.74) is 4.74. The number of anilines is 2. The zero-order valence-electron chi connectivity index (χ0n) is 12.4. The molecule has 0 spiro atoms. The predicted molar refractivity (Wildman–Crippen MR) is 93.4 cm³/mol. The van der Waals surface area contributed by atoms with Crippen molar-refractivity contribution in [2.24, 2.45) is 0 Å². The van der Waals surface area contributed by atoms with Crippen LogP contribution in [0, 0.1) is 13.8 Å². The van der Waals surface area contributed by atoms with E-state index in [1.54, 1.807) is 0 Å². The molecule has 0 unspecified atom stereocenters. The van der Waals surface area contributed by atoms with Crippen LogP contribution in [0.15, 0.2) is 42.5 Å². The van der Waals surface area contributed by atoms with Crippen LogP contribution >= 0.6 is 23.1 Å². The smallest absolute Gasteiger partial charge is 0.207 e. The molecule has 3 rings (SSSR count). The van der Waals surface area contributed by atoms with Gasteiger partial charge in [0.2, 0.25) is 5.13 Å². The SMILES string of the molecule is Cc1ccc(Nc2nc(Cc3ccc(Cl)cc3)ns2)cc1C. The molecule has 5 heteroatoms. The van der Waals surface area contributed by atoms with Gasteiger partial charge in [-0.05, 0) is 54.8 Å². The molecule has 0 radical (unpaired) electrons. The zero-order valence-corrected chi connectivity index (χ0v) is 14.0. The van der Waals surface area contributed by atoms with Crippen LogP contribution in [0.4, 0.5) is 10.8 Å². The fourth-order valence-corrected chi connectivity index (χ4v) is 2.84. The van der Waals surface area contributed by atoms with Crippen molar-refractivity contribution in [3.05, 3.63) is 70.0 Å². The summed E-state index contributed by atoms with van der Waals surface area (Å²) in [4.78, 5) is 4.54. The molecule has 0 aliphatic carbocycles. The molecule has 0 aliphatic rings. The summed E-state index contributed by atoms with van der Waals surface area (Å²) in [5, 5.41) is 4.87. The standard InChI is InChI=1S/C17H16ClN3S/c1-11-3-8-15(9-12(11)2)19-17-20-16(21-22-17)10-13-4-6-14(18)7-5-13/h3-9H,10H2,1-2H3,(H,19,20,21). The normalized spacial score (nSPS) is 10.7. The number of halogens is 1. The van der Waals surface area contributed by atoms with Gasteiger partial charge in [0.25, 0.3) is 0 Å². The Labute approximate surface area is 139 Å². The summed E-state index contributed by atoms with van der Waals surface area (Å²) in [6, 6.07) is 14.1. The third-order valence-electron chi connectivity index (χ3n) is 3.50. The Morgan fingerprint density at radius 2 is 1.82 bits per heavy atom. The van der Waals surface area contributed by atoms with Gasteiger partial charge in [-0.2, -0.15) is 4.37 Å². The third-order valence-corrected chi connectivity index (χ3v) is 4.42. The van der Waals surface area contributed by atoms with Gasteiger partial charge in [-0.1, -0.05) is 29.8 Å². The highest BCUT2D eigenvalue weighted by molar-refractivity contribution is 7.09. The lowest BCUT2D eigenvalue weighted by Crippen LogP contribution is -1.93. The van der Waals surface area contributed by atoms with Crippen LogP contribution in [0.3, 0.4) is 0 Å². The van der Waals surface area contributed by atoms with E-state index in [-0.39, 0.29) is 0 Å². The molecule has 0 saturated heterocycles. The Hall–Kier alpha value is -1.91. The molecule has 2 aromatic carbocycles. The third kappa shape index (κ3) is 3.64. The Kier molecular flexibility index (Phi) is 4.41. The van der Waals surface area contributed by atoms with Crippen LogP contribution in [-0.2, 0) is 6.42 Å². The van der Waals surface area contributed by atoms with Crippen molar-refractivity contribution in [2.75, 3.05) is 5.32 Å². The van der Waals surface area contributed by atoms with Crippen molar-refractivity contribution < 1.29 is 0 Å². The minimum absolute atomic E-state index is 0.711. The van der Waals surface area contributed by atoms with E-state index in [0.29, 0.717) is 6.42 Å². The highest BCUT2D eigenvalue weighted by Gasteiger charge is 2.06. The van der Waals surface area contributed by atoms with Gasteiger partial charge in [-0.25, -0.2) is 4.98 Å². The molecule has 0 atom stereocenters. The van der Waals surface area contributed by atoms with Crippen molar-refractivity contribution >= 4 is 34.0 Å². The lowest BCUT2D eigenvalue weighted by atomic mass is 10.1. The van der Waals surface area contributed by atoms with E-state index in [9.17, 15) is 0 Å². The molecule has 0 bridgehead atoms. The monoisotopic (exact) mass is 329 g/mol. The van der Waals surface area contributed by atoms with Gasteiger partial charge in [-0.15, -0.1) is 0 Å². The molecular weight excluding hydrogens is 314 g/mol. The molecular formula is C17H16ClN3S. The molecule has 0 amide bonds. The van der Waals surface area contributed by atoms with Crippen LogP contribution in [-0.4, -0.2) is 9.36 Å². The second kappa shape index (κ2) is 6.46. The van der Waals surface area contributed by atoms with Gasteiger partial charge < -0.3 is 5.32 Å². The summed E-state index contributed by atoms with van der Waals surface area (Å²) >= 11 is 7.27. The van der Waals surface area contributed by atoms with Crippen molar-refractivity contribution in [2.45, 2.75) is 20.3 Å². The first-order valence-electron chi connectivity index (χ1n) is 7.01. The minimum Gasteiger partial charge on any atom is -0.330 e. The van der Waals surface area contributed by atoms with Crippen LogP contribution in [0.5, 0.6) is 0 Å². The second-order valence-electron chi connectivity index (χ2n) is 5.24. The van der Waals surface area contributed by atoms with E-state index in [1.165, 1.54) is 22.7 Å². The number of hydrogen-bond acceptors (Lipinski definition) is 4. The van der Waals surface area contributed by atoms with Gasteiger partial charge in [0.15, 0.2) is 0 Å². The number of aryl methyl sites for hydroxylation is 2. The number of hydrogen-bond donors (Lipinski definition) is 1. The van der Waals surface area contributed by atoms with Crippen LogP contribution in [0.25, 0.3) is 0 Å². The van der Waals surface area contributed by atoms with Crippen LogP contribution in [0.1, 0.15) is 22.5 Å². The lowest BCUT2D eigenvalue weighted by molar-refractivity contribution is 1.04. The second-order valence-corrected chi connectivity index (χ2v) is 6.43. The van der Waals surface area contributed by atoms with Crippen LogP contribution in [0.2, 0.25) is 5.02 Å². The maximum Gasteiger partial charge on any atom is 0.207 e. The van der Waals surface area contributed by atoms with Gasteiger partial charge >= 0.3 is 0 Å². The lowest BCUT2D eigenvalue weighted by Gasteiger charge is -2.05. The predicted octanol–water partition coefficient (Wildman–Crippen LogP) is 5.14. The first kappa shape index (κ1) is 15.0. The van der Waals surface area contributed by atoms with Gasteiger partial charge in [0, 0.05) is 28.7 Å². The summed E-state index contributed by atoms with van der Waals surface area (Å²) in [6.45, 7) is 4.21. The molecule has 0 fully saturated rings. The van der Waals surface area contributed by atoms with Gasteiger partial charge in [0.05, 0.1) is 0 Å². The summed E-state index contributed by atoms with van der Waals surface area (Å²) in [6.07, 6.45) is 0.711. The molecule has 0 saturated carbocycles. The van der Waals surface area contributed by atoms with Crippen molar-refractivity contribution in [1.29, 1.82) is 0 Å². The van der Waals surface area contributed by atoms with Crippen molar-refractivity contribution in [3.8, 4) is 0 Å². The van der Waals surface area contributed by atoms with Crippen LogP contribution < -0.4 is 5.32 Å². The average molecular weight is 330 g/mol. The first-order valence-corrected chi connectivity index (χ1v) is 8.16. The topological polar surface area (TPSA) is 37.8 Å². The van der Waals surface area contributed by atoms with Gasteiger partial charge in [0.1, 0.15) is 5.82 Å². The number of benzene rings is 2. The van der Waals surface area contributed by atoms with E-state index >= 15 is 0 Å². The summed E-state index contributed by atoms with van der Waals surface area (Å²) < 4.78 is 4.41. The van der Waals surface area contributed by atoms with Crippen molar-refractivity contribution in [1.82, 2.24) is 9.36 Å². The molecule has 1 aromatic heterocycles. The Bertz CT molecular complexity index is 781. The quantitative estimate of drug-likeness (QED) is 0.720. The van der Waals surface area contributed by atoms with E-state index < -0.39 is 0 Å². The highest BCUT2D eigenvalue weighted by atomic mass is 35.5. The molecule has 3 nitrogen and oxygen atoms in total. The van der Waals surface area contributed by atoms with E-state index in [1.807, 2.05) is 24.3 Å². The number of nitrogens with zero attached hydrogens (tertiary/aromatic N) is 2. The largest absolute Gasteiger partial charge is 0.330 e. The molecule has 112 valence electrons. The molecule has 1 heterocycles. The maximum atomic E-state index is 5.89. The number of nitrogens with one attached hydrogen (secondary N) is 1. The zero-order chi connectivity index (χ0) is 15.5. The summed E-state index contributed by atoms with van der Waals surface area (Å²) in [7, 11) is 0. The molecule has 3 aromatic rings. The fourth-order valence-electron chi connectivity index (χ4n) is 2.10. The Morgan fingerprint density at radius 1 is 1.05 bits per heavy atom. The molecule has 0 aliphatic heterocycles. The highest BCUT2D eigenvalue weighted by Crippen LogP contribution is 2.22. The minimum atomic E-state index is 0.711. The fraction of sp³-hybridized carbons (Fsp3) is 0.176. The summed E-state index contributed by atoms with van der Waals surface area (Å²) in [5.74, 6) is 0.818. The van der Waals surface area contributed by atoms with E-state index in [4.69, 9.17) is 11.6 Å². The molecule has 22 heavy (non-hydrogen) atoms. The Morgan fingerprint density at radius 3 is 2.55 bits per heavy atom.